The maximum atomic E-state index is 2.18. The van der Waals surface area contributed by atoms with Crippen LogP contribution in [0.25, 0.3) is 0 Å². The molecule has 0 aromatic rings. The third kappa shape index (κ3) is 4.66. The van der Waals surface area contributed by atoms with E-state index in [4.69, 9.17) is 0 Å². The van der Waals surface area contributed by atoms with Crippen molar-refractivity contribution in [2.45, 2.75) is 27.2 Å². The van der Waals surface area contributed by atoms with Crippen molar-refractivity contribution < 1.29 is 0 Å². The highest BCUT2D eigenvalue weighted by Gasteiger charge is 1.83. The third-order valence-electron chi connectivity index (χ3n) is 1.79. The van der Waals surface area contributed by atoms with E-state index in [1.54, 1.807) is 0 Å². The smallest absolute Gasteiger partial charge is 0.0940 e. The van der Waals surface area contributed by atoms with Crippen LogP contribution in [0, 0.1) is 0 Å². The SMILES string of the molecule is BC(/C=C\C(=C/C)CC)=C/C. The van der Waals surface area contributed by atoms with Crippen molar-refractivity contribution in [2.24, 2.45) is 0 Å². The average Bonchev–Trinajstić information content (AvgIpc) is 2.06. The Morgan fingerprint density at radius 3 is 2.18 bits per heavy atom. The molecule has 0 aliphatic carbocycles. The highest BCUT2D eigenvalue weighted by Crippen LogP contribution is 2.03. The molecule has 0 bridgehead atoms. The van der Waals surface area contributed by atoms with E-state index in [0.717, 1.165) is 6.42 Å². The summed E-state index contributed by atoms with van der Waals surface area (Å²) in [6.07, 6.45) is 9.71. The highest BCUT2D eigenvalue weighted by atomic mass is 13.9. The molecule has 0 amide bonds. The van der Waals surface area contributed by atoms with Gasteiger partial charge >= 0.3 is 0 Å². The van der Waals surface area contributed by atoms with E-state index in [1.807, 2.05) is 0 Å². The fraction of sp³-hybridized carbons (Fsp3) is 0.400. The lowest BCUT2D eigenvalue weighted by molar-refractivity contribution is 1.14. The van der Waals surface area contributed by atoms with Gasteiger partial charge in [-0.15, -0.1) is 0 Å². The van der Waals surface area contributed by atoms with E-state index in [9.17, 15) is 0 Å². The standard InChI is InChI=1S/C10H17B/c1-4-9(5-2)7-8-10(11)6-3/h4,6-8H,5,11H2,1-3H3/b8-7-,9-4-,10-6+. The second-order valence-corrected chi connectivity index (χ2v) is 2.58. The van der Waals surface area contributed by atoms with Crippen LogP contribution in [0.15, 0.2) is 35.3 Å². The summed E-state index contributed by atoms with van der Waals surface area (Å²) in [6.45, 7) is 6.31. The Bertz CT molecular complexity index is 185. The van der Waals surface area contributed by atoms with Gasteiger partial charge in [-0.1, -0.05) is 42.3 Å². The Labute approximate surface area is 71.1 Å². The monoisotopic (exact) mass is 148 g/mol. The van der Waals surface area contributed by atoms with Gasteiger partial charge in [0, 0.05) is 0 Å². The zero-order valence-corrected chi connectivity index (χ0v) is 8.02. The van der Waals surface area contributed by atoms with Crippen LogP contribution >= 0.6 is 0 Å². The molecule has 0 aromatic carbocycles. The molecular formula is C10H17B. The van der Waals surface area contributed by atoms with Crippen molar-refractivity contribution in [3.8, 4) is 0 Å². The number of hydrogen-bond acceptors (Lipinski definition) is 0. The minimum Gasteiger partial charge on any atom is -0.0940 e. The average molecular weight is 148 g/mol. The van der Waals surface area contributed by atoms with Gasteiger partial charge in [0.1, 0.15) is 7.85 Å². The zero-order valence-electron chi connectivity index (χ0n) is 8.02. The lowest BCUT2D eigenvalue weighted by Gasteiger charge is -1.94. The van der Waals surface area contributed by atoms with Gasteiger partial charge in [0.15, 0.2) is 0 Å². The third-order valence-corrected chi connectivity index (χ3v) is 1.79. The van der Waals surface area contributed by atoms with Crippen LogP contribution in [0.5, 0.6) is 0 Å². The number of rotatable bonds is 3. The largest absolute Gasteiger partial charge is 0.138 e. The minimum absolute atomic E-state index is 1.12. The Morgan fingerprint density at radius 1 is 1.18 bits per heavy atom. The van der Waals surface area contributed by atoms with E-state index in [2.05, 4.69) is 52.9 Å². The molecule has 0 nitrogen and oxygen atoms in total. The zero-order chi connectivity index (χ0) is 8.69. The summed E-state index contributed by atoms with van der Waals surface area (Å²) in [6, 6.07) is 0. The molecule has 0 rings (SSSR count). The van der Waals surface area contributed by atoms with Crippen LogP contribution in [0.2, 0.25) is 0 Å². The van der Waals surface area contributed by atoms with Crippen molar-refractivity contribution >= 4 is 7.85 Å². The van der Waals surface area contributed by atoms with Crippen LogP contribution in [-0.4, -0.2) is 7.85 Å². The predicted octanol–water partition coefficient (Wildman–Crippen LogP) is 2.44. The molecule has 0 atom stereocenters. The van der Waals surface area contributed by atoms with Gasteiger partial charge in [0.05, 0.1) is 0 Å². The lowest BCUT2D eigenvalue weighted by atomic mass is 9.94. The molecule has 0 aromatic heterocycles. The summed E-state index contributed by atoms with van der Waals surface area (Å²) >= 11 is 0. The van der Waals surface area contributed by atoms with Crippen LogP contribution in [0.1, 0.15) is 27.2 Å². The molecule has 1 heteroatoms. The van der Waals surface area contributed by atoms with E-state index in [1.165, 1.54) is 11.0 Å². The van der Waals surface area contributed by atoms with Gasteiger partial charge in [-0.3, -0.25) is 0 Å². The summed E-state index contributed by atoms with van der Waals surface area (Å²) in [5, 5.41) is 0. The van der Waals surface area contributed by atoms with Gasteiger partial charge in [-0.2, -0.15) is 0 Å². The molecule has 0 heterocycles. The van der Waals surface area contributed by atoms with E-state index in [-0.39, 0.29) is 0 Å². The minimum atomic E-state index is 1.12. The van der Waals surface area contributed by atoms with Crippen molar-refractivity contribution in [2.75, 3.05) is 0 Å². The van der Waals surface area contributed by atoms with Crippen molar-refractivity contribution in [3.05, 3.63) is 35.3 Å². The quantitative estimate of drug-likeness (QED) is 0.426. The highest BCUT2D eigenvalue weighted by molar-refractivity contribution is 6.23. The first-order chi connectivity index (χ1) is 5.24. The van der Waals surface area contributed by atoms with Crippen LogP contribution in [-0.2, 0) is 0 Å². The molecule has 0 saturated heterocycles. The summed E-state index contributed by atoms with van der Waals surface area (Å²) in [5.41, 5.74) is 2.71. The van der Waals surface area contributed by atoms with Crippen LogP contribution in [0.4, 0.5) is 0 Å². The van der Waals surface area contributed by atoms with Gasteiger partial charge in [0.2, 0.25) is 0 Å². The fourth-order valence-electron chi connectivity index (χ4n) is 0.753. The topological polar surface area (TPSA) is 0 Å². The Kier molecular flexibility index (Phi) is 5.63. The molecular weight excluding hydrogens is 131 g/mol. The maximum absolute atomic E-state index is 2.18. The Morgan fingerprint density at radius 2 is 1.82 bits per heavy atom. The molecule has 0 saturated carbocycles. The van der Waals surface area contributed by atoms with Gasteiger partial charge < -0.3 is 0 Å². The first kappa shape index (κ1) is 10.3. The Balaban J connectivity index is 4.12. The Hall–Kier alpha value is -0.715. The van der Waals surface area contributed by atoms with Crippen LogP contribution < -0.4 is 0 Å². The molecule has 60 valence electrons. The normalized spacial score (nSPS) is 14.5. The molecule has 0 radical (unpaired) electrons. The molecule has 0 unspecified atom stereocenters. The molecule has 0 spiro atoms. The molecule has 0 aliphatic heterocycles. The van der Waals surface area contributed by atoms with Gasteiger partial charge in [0.25, 0.3) is 0 Å². The second kappa shape index (κ2) is 6.02. The summed E-state index contributed by atoms with van der Waals surface area (Å²) < 4.78 is 0. The first-order valence-electron chi connectivity index (χ1n) is 4.20. The van der Waals surface area contributed by atoms with Crippen molar-refractivity contribution in [1.82, 2.24) is 0 Å². The summed E-state index contributed by atoms with van der Waals surface area (Å²) in [5.74, 6) is 0. The predicted molar refractivity (Wildman–Crippen MR) is 55.5 cm³/mol. The summed E-state index contributed by atoms with van der Waals surface area (Å²) in [4.78, 5) is 0. The van der Waals surface area contributed by atoms with Crippen molar-refractivity contribution in [3.63, 3.8) is 0 Å². The maximum Gasteiger partial charge on any atom is 0.138 e. The molecule has 0 N–H and O–H groups in total. The van der Waals surface area contributed by atoms with E-state index >= 15 is 0 Å². The van der Waals surface area contributed by atoms with Gasteiger partial charge in [-0.25, -0.2) is 0 Å². The first-order valence-corrected chi connectivity index (χ1v) is 4.20. The lowest BCUT2D eigenvalue weighted by Crippen LogP contribution is -1.76. The molecule has 0 fully saturated rings. The van der Waals surface area contributed by atoms with E-state index < -0.39 is 0 Å². The van der Waals surface area contributed by atoms with E-state index in [0.29, 0.717) is 0 Å². The van der Waals surface area contributed by atoms with Crippen LogP contribution in [0.3, 0.4) is 0 Å². The summed E-state index contributed by atoms with van der Waals surface area (Å²) in [7, 11) is 2.11. The second-order valence-electron chi connectivity index (χ2n) is 2.58. The van der Waals surface area contributed by atoms with Crippen molar-refractivity contribution in [1.29, 1.82) is 0 Å². The fourth-order valence-corrected chi connectivity index (χ4v) is 0.753. The molecule has 11 heavy (non-hydrogen) atoms. The molecule has 0 aliphatic rings. The number of allylic oxidation sites excluding steroid dienone is 6. The van der Waals surface area contributed by atoms with Gasteiger partial charge in [-0.05, 0) is 20.3 Å². The number of hydrogen-bond donors (Lipinski definition) is 0.